The number of carbonyl (C=O) groups excluding carboxylic acids is 1. The van der Waals surface area contributed by atoms with E-state index in [1.54, 1.807) is 0 Å². The van der Waals surface area contributed by atoms with E-state index in [1.165, 1.54) is 18.2 Å². The summed E-state index contributed by atoms with van der Waals surface area (Å²) in [5, 5.41) is 0. The molecule has 0 saturated heterocycles. The molecular weight excluding hydrogens is 340 g/mol. The maximum atomic E-state index is 11.6. The lowest BCUT2D eigenvalue weighted by Crippen LogP contribution is -2.13. The Kier molecular flexibility index (Phi) is 5.85. The van der Waals surface area contributed by atoms with E-state index in [9.17, 15) is 4.79 Å². The number of esters is 1. The molecule has 0 aliphatic heterocycles. The third-order valence-corrected chi connectivity index (χ3v) is 5.21. The summed E-state index contributed by atoms with van der Waals surface area (Å²) in [5.74, 6) is 0.545. The molecule has 0 heterocycles. The Balaban J connectivity index is 1.74. The van der Waals surface area contributed by atoms with Gasteiger partial charge in [-0.2, -0.15) is 0 Å². The maximum absolute atomic E-state index is 11.6. The summed E-state index contributed by atoms with van der Waals surface area (Å²) in [4.78, 5) is 11.6. The Morgan fingerprint density at radius 2 is 1.85 bits per heavy atom. The van der Waals surface area contributed by atoms with Crippen LogP contribution in [-0.4, -0.2) is 19.7 Å². The molecule has 1 unspecified atom stereocenters. The van der Waals surface area contributed by atoms with Gasteiger partial charge in [0.25, 0.3) is 0 Å². The van der Waals surface area contributed by atoms with E-state index in [1.807, 2.05) is 31.2 Å². The van der Waals surface area contributed by atoms with Gasteiger partial charge in [0.05, 0.1) is 19.6 Å². The van der Waals surface area contributed by atoms with Crippen molar-refractivity contribution in [2.75, 3.05) is 13.7 Å². The quantitative estimate of drug-likeness (QED) is 0.636. The Labute approximate surface area is 161 Å². The Bertz CT molecular complexity index is 779. The first-order chi connectivity index (χ1) is 12.9. The highest BCUT2D eigenvalue weighted by molar-refractivity contribution is 5.70. The zero-order chi connectivity index (χ0) is 19.4. The molecule has 2 aromatic carbocycles. The molecule has 0 aromatic heterocycles. The van der Waals surface area contributed by atoms with Crippen molar-refractivity contribution < 1.29 is 19.0 Å². The average Bonchev–Trinajstić information content (AvgIpc) is 2.92. The molecule has 0 N–H and O–H groups in total. The summed E-state index contributed by atoms with van der Waals surface area (Å²) in [6.07, 6.45) is 0.912. The van der Waals surface area contributed by atoms with Crippen molar-refractivity contribution in [2.24, 2.45) is 0 Å². The van der Waals surface area contributed by atoms with Crippen LogP contribution in [0.3, 0.4) is 0 Å². The predicted octanol–water partition coefficient (Wildman–Crippen LogP) is 5.13. The average molecular weight is 368 g/mol. The number of hydrogen-bond donors (Lipinski definition) is 0. The number of benzene rings is 2. The molecule has 0 radical (unpaired) electrons. The molecule has 1 aliphatic rings. The lowest BCUT2D eigenvalue weighted by atomic mass is 9.87. The van der Waals surface area contributed by atoms with Crippen LogP contribution in [0, 0.1) is 0 Å². The monoisotopic (exact) mass is 368 g/mol. The minimum Gasteiger partial charge on any atom is -0.486 e. The lowest BCUT2D eigenvalue weighted by Gasteiger charge is -2.20. The van der Waals surface area contributed by atoms with Gasteiger partial charge in [-0.3, -0.25) is 4.79 Å². The van der Waals surface area contributed by atoms with Gasteiger partial charge >= 0.3 is 5.97 Å². The van der Waals surface area contributed by atoms with Crippen LogP contribution in [0.15, 0.2) is 48.5 Å². The summed E-state index contributed by atoms with van der Waals surface area (Å²) in [7, 11) is 1.39. The van der Waals surface area contributed by atoms with Crippen LogP contribution in [0.5, 0.6) is 5.75 Å². The van der Waals surface area contributed by atoms with Crippen molar-refractivity contribution >= 4 is 5.97 Å². The molecule has 2 aromatic rings. The minimum absolute atomic E-state index is 0.0554. The largest absolute Gasteiger partial charge is 0.486 e. The van der Waals surface area contributed by atoms with E-state index >= 15 is 0 Å². The summed E-state index contributed by atoms with van der Waals surface area (Å²) in [6, 6.07) is 16.3. The van der Waals surface area contributed by atoms with E-state index in [4.69, 9.17) is 14.2 Å². The van der Waals surface area contributed by atoms with Crippen molar-refractivity contribution in [3.8, 4) is 5.75 Å². The van der Waals surface area contributed by atoms with Gasteiger partial charge in [-0.15, -0.1) is 0 Å². The van der Waals surface area contributed by atoms with Gasteiger partial charge in [-0.1, -0.05) is 50.2 Å². The van der Waals surface area contributed by atoms with Crippen LogP contribution in [-0.2, 0) is 19.7 Å². The molecule has 27 heavy (non-hydrogen) atoms. The van der Waals surface area contributed by atoms with E-state index < -0.39 is 0 Å². The van der Waals surface area contributed by atoms with Gasteiger partial charge in [0.2, 0.25) is 0 Å². The summed E-state index contributed by atoms with van der Waals surface area (Å²) < 4.78 is 16.8. The fourth-order valence-corrected chi connectivity index (χ4v) is 3.82. The van der Waals surface area contributed by atoms with E-state index in [0.29, 0.717) is 6.61 Å². The Hall–Kier alpha value is -2.33. The van der Waals surface area contributed by atoms with Gasteiger partial charge < -0.3 is 14.2 Å². The number of carbonyl (C=O) groups is 1. The first-order valence-electron chi connectivity index (χ1n) is 9.49. The van der Waals surface area contributed by atoms with E-state index in [0.717, 1.165) is 17.7 Å². The van der Waals surface area contributed by atoms with E-state index in [-0.39, 0.29) is 30.0 Å². The van der Waals surface area contributed by atoms with Gasteiger partial charge in [0.1, 0.15) is 11.9 Å². The van der Waals surface area contributed by atoms with Crippen LogP contribution in [0.1, 0.15) is 62.5 Å². The van der Waals surface area contributed by atoms with Crippen LogP contribution < -0.4 is 4.74 Å². The molecular formula is C23H28O4. The minimum atomic E-state index is -0.303. The van der Waals surface area contributed by atoms with Gasteiger partial charge in [0.15, 0.2) is 0 Å². The van der Waals surface area contributed by atoms with Crippen molar-refractivity contribution in [3.63, 3.8) is 0 Å². The zero-order valence-corrected chi connectivity index (χ0v) is 16.5. The molecule has 4 nitrogen and oxygen atoms in total. The Morgan fingerprint density at radius 3 is 2.52 bits per heavy atom. The van der Waals surface area contributed by atoms with Crippen molar-refractivity contribution in [1.29, 1.82) is 0 Å². The molecule has 0 saturated carbocycles. The smallest absolute Gasteiger partial charge is 0.308 e. The zero-order valence-electron chi connectivity index (χ0n) is 16.5. The second-order valence-corrected chi connectivity index (χ2v) is 7.58. The number of hydrogen-bond acceptors (Lipinski definition) is 4. The van der Waals surface area contributed by atoms with Crippen LogP contribution >= 0.6 is 0 Å². The van der Waals surface area contributed by atoms with Crippen LogP contribution in [0.4, 0.5) is 0 Å². The molecule has 0 fully saturated rings. The second kappa shape index (κ2) is 8.13. The number of rotatable bonds is 7. The summed E-state index contributed by atoms with van der Waals surface area (Å²) in [5.41, 5.74) is 3.69. The van der Waals surface area contributed by atoms with Crippen molar-refractivity contribution in [3.05, 3.63) is 65.2 Å². The van der Waals surface area contributed by atoms with Crippen LogP contribution in [0.2, 0.25) is 0 Å². The molecule has 0 spiro atoms. The third kappa shape index (κ3) is 4.33. The van der Waals surface area contributed by atoms with Gasteiger partial charge in [-0.05, 0) is 47.6 Å². The maximum Gasteiger partial charge on any atom is 0.308 e. The molecule has 0 bridgehead atoms. The summed E-state index contributed by atoms with van der Waals surface area (Å²) >= 11 is 0. The lowest BCUT2D eigenvalue weighted by molar-refractivity contribution is -0.143. The highest BCUT2D eigenvalue weighted by Gasteiger charge is 2.37. The molecule has 144 valence electrons. The normalized spacial score (nSPS) is 18.6. The fourth-order valence-electron chi connectivity index (χ4n) is 3.82. The fraction of sp³-hybridized carbons (Fsp3) is 0.435. The number of fused-ring (bicyclic) bond motifs is 1. The first kappa shape index (κ1) is 19.4. The number of methoxy groups -OCH3 is 1. The molecule has 3 rings (SSSR count). The highest BCUT2D eigenvalue weighted by Crippen LogP contribution is 2.46. The van der Waals surface area contributed by atoms with Crippen molar-refractivity contribution in [1.82, 2.24) is 0 Å². The van der Waals surface area contributed by atoms with Gasteiger partial charge in [0, 0.05) is 6.61 Å². The standard InChI is InChI=1S/C23H28O4/c1-5-26-20(14-22(24)25-4)16-10-12-17(13-11-16)27-21-15-23(2,3)19-9-7-6-8-18(19)21/h6-13,20-21H,5,14-15H2,1-4H3/t20-,21?/m0/s1. The van der Waals surface area contributed by atoms with Crippen molar-refractivity contribution in [2.45, 2.75) is 51.2 Å². The molecule has 4 heteroatoms. The second-order valence-electron chi connectivity index (χ2n) is 7.58. The molecule has 2 atom stereocenters. The third-order valence-electron chi connectivity index (χ3n) is 5.21. The molecule has 1 aliphatic carbocycles. The van der Waals surface area contributed by atoms with E-state index in [2.05, 4.69) is 38.1 Å². The summed E-state index contributed by atoms with van der Waals surface area (Å²) in [6.45, 7) is 6.98. The number of ether oxygens (including phenoxy) is 3. The Morgan fingerprint density at radius 1 is 1.15 bits per heavy atom. The van der Waals surface area contributed by atoms with Crippen LogP contribution in [0.25, 0.3) is 0 Å². The SMILES string of the molecule is CCO[C@@H](CC(=O)OC)c1ccc(OC2CC(C)(C)c3ccccc32)cc1. The highest BCUT2D eigenvalue weighted by atomic mass is 16.5. The first-order valence-corrected chi connectivity index (χ1v) is 9.49. The molecule has 0 amide bonds. The predicted molar refractivity (Wildman–Crippen MR) is 105 cm³/mol. The topological polar surface area (TPSA) is 44.8 Å². The van der Waals surface area contributed by atoms with Gasteiger partial charge in [-0.25, -0.2) is 0 Å².